The van der Waals surface area contributed by atoms with Gasteiger partial charge < -0.3 is 5.73 Å². The molecule has 1 aromatic rings. The fourth-order valence-electron chi connectivity index (χ4n) is 2.27. The summed E-state index contributed by atoms with van der Waals surface area (Å²) in [5.74, 6) is 0.914. The van der Waals surface area contributed by atoms with Crippen molar-refractivity contribution in [3.8, 4) is 0 Å². The average molecular weight is 396 g/mol. The van der Waals surface area contributed by atoms with E-state index in [-0.39, 0.29) is 0 Å². The average Bonchev–Trinajstić information content (AvgIpc) is 3.08. The molecule has 0 radical (unpaired) electrons. The molecule has 1 aromatic heterocycles. The molecule has 1 aliphatic carbocycles. The highest BCUT2D eigenvalue weighted by atomic mass is 79.9. The molecule has 2 N–H and O–H groups in total. The summed E-state index contributed by atoms with van der Waals surface area (Å²) in [6.07, 6.45) is 3.99. The van der Waals surface area contributed by atoms with Gasteiger partial charge in [-0.3, -0.25) is 4.90 Å². The molecule has 1 fully saturated rings. The Balaban J connectivity index is 2.12. The van der Waals surface area contributed by atoms with Crippen LogP contribution in [0.1, 0.15) is 37.1 Å². The van der Waals surface area contributed by atoms with E-state index < -0.39 is 0 Å². The SMILES string of the molecule is CCCN(CC1CC1)C(CN)c1cc(Br)c(Br)s1. The second kappa shape index (κ2) is 6.84. The van der Waals surface area contributed by atoms with Crippen LogP contribution in [0.15, 0.2) is 14.3 Å². The van der Waals surface area contributed by atoms with E-state index in [1.165, 1.54) is 34.5 Å². The maximum Gasteiger partial charge on any atom is 0.0843 e. The number of thiophene rings is 1. The summed E-state index contributed by atoms with van der Waals surface area (Å²) in [5.41, 5.74) is 6.03. The molecular formula is C13H20Br2N2S. The summed E-state index contributed by atoms with van der Waals surface area (Å²) in [5, 5.41) is 0. The molecule has 5 heteroatoms. The van der Waals surface area contributed by atoms with E-state index in [4.69, 9.17) is 5.73 Å². The van der Waals surface area contributed by atoms with Crippen LogP contribution in [0.5, 0.6) is 0 Å². The van der Waals surface area contributed by atoms with Gasteiger partial charge >= 0.3 is 0 Å². The first-order chi connectivity index (χ1) is 8.65. The van der Waals surface area contributed by atoms with Crippen LogP contribution in [-0.4, -0.2) is 24.5 Å². The van der Waals surface area contributed by atoms with Crippen molar-refractivity contribution in [1.82, 2.24) is 4.90 Å². The zero-order valence-corrected chi connectivity index (χ0v) is 14.7. The highest BCUT2D eigenvalue weighted by molar-refractivity contribution is 9.13. The molecule has 0 amide bonds. The third-order valence-corrected chi connectivity index (χ3v) is 6.71. The first kappa shape index (κ1) is 15.0. The first-order valence-electron chi connectivity index (χ1n) is 6.54. The summed E-state index contributed by atoms with van der Waals surface area (Å²) in [6.45, 7) is 5.30. The third kappa shape index (κ3) is 3.79. The van der Waals surface area contributed by atoms with Gasteiger partial charge in [0.25, 0.3) is 0 Å². The van der Waals surface area contributed by atoms with Crippen molar-refractivity contribution in [2.75, 3.05) is 19.6 Å². The van der Waals surface area contributed by atoms with Crippen molar-refractivity contribution in [2.24, 2.45) is 11.7 Å². The van der Waals surface area contributed by atoms with E-state index in [0.717, 1.165) is 16.9 Å². The molecule has 1 saturated carbocycles. The lowest BCUT2D eigenvalue weighted by Crippen LogP contribution is -2.35. The normalized spacial score (nSPS) is 17.4. The van der Waals surface area contributed by atoms with Gasteiger partial charge in [0.1, 0.15) is 0 Å². The Morgan fingerprint density at radius 1 is 1.50 bits per heavy atom. The topological polar surface area (TPSA) is 29.3 Å². The van der Waals surface area contributed by atoms with Gasteiger partial charge in [-0.25, -0.2) is 0 Å². The summed E-state index contributed by atoms with van der Waals surface area (Å²) < 4.78 is 2.31. The number of halogens is 2. The highest BCUT2D eigenvalue weighted by Crippen LogP contribution is 2.39. The number of hydrogen-bond acceptors (Lipinski definition) is 3. The van der Waals surface area contributed by atoms with Crippen LogP contribution < -0.4 is 5.73 Å². The van der Waals surface area contributed by atoms with Crippen LogP contribution in [0, 0.1) is 5.92 Å². The molecule has 0 bridgehead atoms. The second-order valence-electron chi connectivity index (χ2n) is 4.96. The largest absolute Gasteiger partial charge is 0.329 e. The van der Waals surface area contributed by atoms with E-state index in [9.17, 15) is 0 Å². The predicted octanol–water partition coefficient (Wildman–Crippen LogP) is 4.39. The molecule has 18 heavy (non-hydrogen) atoms. The van der Waals surface area contributed by atoms with Crippen molar-refractivity contribution in [1.29, 1.82) is 0 Å². The second-order valence-corrected chi connectivity index (χ2v) is 8.22. The van der Waals surface area contributed by atoms with Gasteiger partial charge in [-0.1, -0.05) is 6.92 Å². The van der Waals surface area contributed by atoms with Gasteiger partial charge in [0.2, 0.25) is 0 Å². The van der Waals surface area contributed by atoms with Crippen molar-refractivity contribution in [2.45, 2.75) is 32.2 Å². The molecule has 0 spiro atoms. The van der Waals surface area contributed by atoms with Crippen LogP contribution in [-0.2, 0) is 0 Å². The van der Waals surface area contributed by atoms with Crippen LogP contribution in [0.2, 0.25) is 0 Å². The molecule has 2 nitrogen and oxygen atoms in total. The molecule has 102 valence electrons. The minimum absolute atomic E-state index is 0.373. The molecule has 0 saturated heterocycles. The number of hydrogen-bond donors (Lipinski definition) is 1. The Hall–Kier alpha value is 0.580. The van der Waals surface area contributed by atoms with Crippen LogP contribution in [0.25, 0.3) is 0 Å². The number of rotatable bonds is 7. The molecule has 1 atom stereocenters. The first-order valence-corrected chi connectivity index (χ1v) is 8.94. The number of nitrogens with zero attached hydrogens (tertiary/aromatic N) is 1. The van der Waals surface area contributed by atoms with Crippen molar-refractivity contribution >= 4 is 43.2 Å². The lowest BCUT2D eigenvalue weighted by molar-refractivity contribution is 0.196. The van der Waals surface area contributed by atoms with Gasteiger partial charge in [0.05, 0.1) is 9.83 Å². The highest BCUT2D eigenvalue weighted by Gasteiger charge is 2.28. The molecule has 1 aliphatic rings. The van der Waals surface area contributed by atoms with Crippen LogP contribution in [0.3, 0.4) is 0 Å². The van der Waals surface area contributed by atoms with E-state index in [1.807, 2.05) is 0 Å². The Labute approximate surface area is 130 Å². The Morgan fingerprint density at radius 2 is 2.22 bits per heavy atom. The van der Waals surface area contributed by atoms with Gasteiger partial charge in [-0.2, -0.15) is 0 Å². The van der Waals surface area contributed by atoms with E-state index in [0.29, 0.717) is 12.6 Å². The maximum atomic E-state index is 6.03. The Kier molecular flexibility index (Phi) is 5.69. The lowest BCUT2D eigenvalue weighted by Gasteiger charge is -2.30. The fourth-order valence-corrected chi connectivity index (χ4v) is 4.50. The van der Waals surface area contributed by atoms with Gasteiger partial charge in [0.15, 0.2) is 0 Å². The summed E-state index contributed by atoms with van der Waals surface area (Å²) in [6, 6.07) is 2.58. The van der Waals surface area contributed by atoms with Crippen molar-refractivity contribution in [3.05, 3.63) is 19.2 Å². The van der Waals surface area contributed by atoms with Crippen LogP contribution in [0.4, 0.5) is 0 Å². The zero-order chi connectivity index (χ0) is 13.1. The van der Waals surface area contributed by atoms with Crippen molar-refractivity contribution < 1.29 is 0 Å². The number of nitrogens with two attached hydrogens (primary N) is 1. The Bertz CT molecular complexity index is 371. The minimum Gasteiger partial charge on any atom is -0.329 e. The van der Waals surface area contributed by atoms with E-state index in [1.54, 1.807) is 11.3 Å². The van der Waals surface area contributed by atoms with E-state index in [2.05, 4.69) is 49.7 Å². The Morgan fingerprint density at radius 3 is 2.67 bits per heavy atom. The van der Waals surface area contributed by atoms with E-state index >= 15 is 0 Å². The monoisotopic (exact) mass is 394 g/mol. The predicted molar refractivity (Wildman–Crippen MR) is 86.1 cm³/mol. The fraction of sp³-hybridized carbons (Fsp3) is 0.692. The summed E-state index contributed by atoms with van der Waals surface area (Å²) in [4.78, 5) is 3.94. The maximum absolute atomic E-state index is 6.03. The van der Waals surface area contributed by atoms with Crippen molar-refractivity contribution in [3.63, 3.8) is 0 Å². The molecule has 1 unspecified atom stereocenters. The standard InChI is InChI=1S/C13H20Br2N2S/c1-2-5-17(8-9-3-4-9)11(7-16)12-6-10(14)13(15)18-12/h6,9,11H,2-5,7-8,16H2,1H3. The molecule has 1 heterocycles. The lowest BCUT2D eigenvalue weighted by atomic mass is 10.1. The van der Waals surface area contributed by atoms with Gasteiger partial charge in [-0.05, 0) is 69.7 Å². The zero-order valence-electron chi connectivity index (χ0n) is 10.7. The summed E-state index contributed by atoms with van der Waals surface area (Å²) >= 11 is 8.94. The quantitative estimate of drug-likeness (QED) is 0.741. The molecule has 0 aromatic carbocycles. The minimum atomic E-state index is 0.373. The molecular weight excluding hydrogens is 376 g/mol. The summed E-state index contributed by atoms with van der Waals surface area (Å²) in [7, 11) is 0. The van der Waals surface area contributed by atoms with Gasteiger partial charge in [0, 0.05) is 22.4 Å². The third-order valence-electron chi connectivity index (χ3n) is 3.36. The molecule has 0 aliphatic heterocycles. The molecule has 2 rings (SSSR count). The smallest absolute Gasteiger partial charge is 0.0843 e. The van der Waals surface area contributed by atoms with Gasteiger partial charge in [-0.15, -0.1) is 11.3 Å². The van der Waals surface area contributed by atoms with Crippen LogP contribution >= 0.6 is 43.2 Å².